The number of piperidine rings is 1. The molecule has 0 saturated carbocycles. The van der Waals surface area contributed by atoms with Crippen LogP contribution in [0.1, 0.15) is 53.1 Å². The zero-order chi connectivity index (χ0) is 18.3. The van der Waals surface area contributed by atoms with Crippen LogP contribution in [0.4, 0.5) is 0 Å². The molecular formula is C21H28N4O. The molecule has 2 aliphatic heterocycles. The van der Waals surface area contributed by atoms with Crippen molar-refractivity contribution in [2.75, 3.05) is 7.05 Å². The minimum absolute atomic E-state index is 0.150. The van der Waals surface area contributed by atoms with Gasteiger partial charge in [-0.15, -0.1) is 0 Å². The number of carbonyl (C=O) groups excluding carboxylic acids is 1. The number of carbonyl (C=O) groups is 1. The Labute approximate surface area is 155 Å². The second-order valence-electron chi connectivity index (χ2n) is 7.87. The van der Waals surface area contributed by atoms with Crippen LogP contribution in [-0.2, 0) is 6.54 Å². The minimum atomic E-state index is 0.150. The third kappa shape index (κ3) is 3.16. The van der Waals surface area contributed by atoms with Crippen LogP contribution in [0.25, 0.3) is 0 Å². The SMILES string of the molecule is Cc1cc(C(=O)N(C)C2CC3CCC(C2)N3)c(C)n1Cc1ccccn1. The lowest BCUT2D eigenvalue weighted by Gasteiger charge is -2.35. The summed E-state index contributed by atoms with van der Waals surface area (Å²) in [5, 5.41) is 3.66. The first-order valence-corrected chi connectivity index (χ1v) is 9.62. The van der Waals surface area contributed by atoms with Crippen LogP contribution in [-0.4, -0.2) is 45.5 Å². The lowest BCUT2D eigenvalue weighted by molar-refractivity contribution is 0.0681. The molecule has 5 nitrogen and oxygen atoms in total. The van der Waals surface area contributed by atoms with E-state index in [0.717, 1.165) is 35.5 Å². The van der Waals surface area contributed by atoms with Gasteiger partial charge in [0.1, 0.15) is 0 Å². The normalized spacial score (nSPS) is 24.7. The maximum absolute atomic E-state index is 13.2. The summed E-state index contributed by atoms with van der Waals surface area (Å²) in [6.07, 6.45) is 6.47. The van der Waals surface area contributed by atoms with Crippen molar-refractivity contribution in [3.8, 4) is 0 Å². The van der Waals surface area contributed by atoms with Crippen molar-refractivity contribution in [3.05, 3.63) is 53.1 Å². The fourth-order valence-electron chi connectivity index (χ4n) is 4.61. The zero-order valence-corrected chi connectivity index (χ0v) is 15.9. The van der Waals surface area contributed by atoms with E-state index in [-0.39, 0.29) is 5.91 Å². The average Bonchev–Trinajstić information content (AvgIpc) is 3.14. The third-order valence-electron chi connectivity index (χ3n) is 6.17. The molecule has 2 aliphatic rings. The van der Waals surface area contributed by atoms with Crippen molar-refractivity contribution in [1.29, 1.82) is 0 Å². The molecule has 0 aromatic carbocycles. The topological polar surface area (TPSA) is 50.2 Å². The smallest absolute Gasteiger partial charge is 0.255 e. The van der Waals surface area contributed by atoms with Crippen LogP contribution in [0.3, 0.4) is 0 Å². The van der Waals surface area contributed by atoms with E-state index in [2.05, 4.69) is 21.8 Å². The molecule has 2 unspecified atom stereocenters. The summed E-state index contributed by atoms with van der Waals surface area (Å²) in [5.41, 5.74) is 3.97. The van der Waals surface area contributed by atoms with Gasteiger partial charge in [0.2, 0.25) is 0 Å². The van der Waals surface area contributed by atoms with Crippen LogP contribution in [0.5, 0.6) is 0 Å². The maximum Gasteiger partial charge on any atom is 0.255 e. The summed E-state index contributed by atoms with van der Waals surface area (Å²) in [5.74, 6) is 0.150. The van der Waals surface area contributed by atoms with Crippen LogP contribution < -0.4 is 5.32 Å². The van der Waals surface area contributed by atoms with Crippen LogP contribution >= 0.6 is 0 Å². The molecule has 2 aromatic heterocycles. The Balaban J connectivity index is 1.53. The number of pyridine rings is 1. The Morgan fingerprint density at radius 3 is 2.65 bits per heavy atom. The van der Waals surface area contributed by atoms with Crippen molar-refractivity contribution < 1.29 is 4.79 Å². The monoisotopic (exact) mass is 352 g/mol. The summed E-state index contributed by atoms with van der Waals surface area (Å²) in [6, 6.07) is 9.51. The van der Waals surface area contributed by atoms with E-state index >= 15 is 0 Å². The van der Waals surface area contributed by atoms with E-state index in [4.69, 9.17) is 0 Å². The van der Waals surface area contributed by atoms with E-state index in [9.17, 15) is 4.79 Å². The third-order valence-corrected chi connectivity index (χ3v) is 6.17. The number of nitrogens with one attached hydrogen (secondary N) is 1. The highest BCUT2D eigenvalue weighted by molar-refractivity contribution is 5.95. The van der Waals surface area contributed by atoms with Gasteiger partial charge in [-0.05, 0) is 57.7 Å². The molecule has 0 radical (unpaired) electrons. The molecule has 5 heteroatoms. The molecule has 1 N–H and O–H groups in total. The second kappa shape index (κ2) is 6.88. The number of fused-ring (bicyclic) bond motifs is 2. The number of hydrogen-bond donors (Lipinski definition) is 1. The molecule has 2 atom stereocenters. The van der Waals surface area contributed by atoms with E-state index in [0.29, 0.717) is 24.7 Å². The number of aryl methyl sites for hydroxylation is 1. The van der Waals surface area contributed by atoms with Crippen molar-refractivity contribution in [2.24, 2.45) is 0 Å². The Kier molecular flexibility index (Phi) is 4.57. The Hall–Kier alpha value is -2.14. The molecule has 4 heterocycles. The van der Waals surface area contributed by atoms with Gasteiger partial charge < -0.3 is 14.8 Å². The van der Waals surface area contributed by atoms with Crippen molar-refractivity contribution in [2.45, 2.75) is 64.2 Å². The fraction of sp³-hybridized carbons (Fsp3) is 0.524. The molecule has 138 valence electrons. The quantitative estimate of drug-likeness (QED) is 0.920. The molecule has 0 aliphatic carbocycles. The van der Waals surface area contributed by atoms with Crippen molar-refractivity contribution in [3.63, 3.8) is 0 Å². The van der Waals surface area contributed by atoms with E-state index < -0.39 is 0 Å². The van der Waals surface area contributed by atoms with E-state index in [1.54, 1.807) is 0 Å². The fourth-order valence-corrected chi connectivity index (χ4v) is 4.61. The van der Waals surface area contributed by atoms with Crippen LogP contribution in [0.2, 0.25) is 0 Å². The molecule has 2 fully saturated rings. The summed E-state index contributed by atoms with van der Waals surface area (Å²) >= 11 is 0. The van der Waals surface area contributed by atoms with Gasteiger partial charge >= 0.3 is 0 Å². The number of amides is 1. The van der Waals surface area contributed by atoms with E-state index in [1.807, 2.05) is 49.3 Å². The Morgan fingerprint density at radius 2 is 2.00 bits per heavy atom. The van der Waals surface area contributed by atoms with Gasteiger partial charge in [-0.25, -0.2) is 0 Å². The second-order valence-corrected chi connectivity index (χ2v) is 7.87. The van der Waals surface area contributed by atoms with Gasteiger partial charge in [-0.1, -0.05) is 6.07 Å². The summed E-state index contributed by atoms with van der Waals surface area (Å²) in [7, 11) is 1.97. The molecule has 4 rings (SSSR count). The van der Waals surface area contributed by atoms with Gasteiger partial charge in [0.25, 0.3) is 5.91 Å². The van der Waals surface area contributed by atoms with Gasteiger partial charge in [-0.2, -0.15) is 0 Å². The highest BCUT2D eigenvalue weighted by Crippen LogP contribution is 2.30. The van der Waals surface area contributed by atoms with Crippen molar-refractivity contribution in [1.82, 2.24) is 19.8 Å². The van der Waals surface area contributed by atoms with Gasteiger partial charge in [0.15, 0.2) is 0 Å². The predicted molar refractivity (Wildman–Crippen MR) is 102 cm³/mol. The molecular weight excluding hydrogens is 324 g/mol. The van der Waals surface area contributed by atoms with E-state index in [1.165, 1.54) is 12.8 Å². The van der Waals surface area contributed by atoms with Crippen LogP contribution in [0, 0.1) is 13.8 Å². The van der Waals surface area contributed by atoms with Gasteiger partial charge in [0.05, 0.1) is 17.8 Å². The molecule has 26 heavy (non-hydrogen) atoms. The minimum Gasteiger partial charge on any atom is -0.342 e. The summed E-state index contributed by atoms with van der Waals surface area (Å²) in [6.45, 7) is 4.81. The highest BCUT2D eigenvalue weighted by atomic mass is 16.2. The van der Waals surface area contributed by atoms with Gasteiger partial charge in [0, 0.05) is 42.8 Å². The standard InChI is InChI=1S/C21H28N4O/c1-14-10-20(15(2)25(14)13-18-6-4-5-9-22-18)21(26)24(3)19-11-16-7-8-17(12-19)23-16/h4-6,9-10,16-17,19,23H,7-8,11-13H2,1-3H3. The molecule has 2 bridgehead atoms. The van der Waals surface area contributed by atoms with Crippen molar-refractivity contribution >= 4 is 5.91 Å². The average molecular weight is 352 g/mol. The zero-order valence-electron chi connectivity index (χ0n) is 15.9. The Bertz CT molecular complexity index is 786. The molecule has 1 amide bonds. The number of rotatable bonds is 4. The first-order valence-electron chi connectivity index (χ1n) is 9.62. The lowest BCUT2D eigenvalue weighted by atomic mass is 9.98. The number of hydrogen-bond acceptors (Lipinski definition) is 3. The lowest BCUT2D eigenvalue weighted by Crippen LogP contribution is -2.48. The number of nitrogens with zero attached hydrogens (tertiary/aromatic N) is 3. The first kappa shape index (κ1) is 17.3. The predicted octanol–water partition coefficient (Wildman–Crippen LogP) is 2.90. The van der Waals surface area contributed by atoms with Gasteiger partial charge in [-0.3, -0.25) is 9.78 Å². The Morgan fingerprint density at radius 1 is 1.27 bits per heavy atom. The number of aromatic nitrogens is 2. The van der Waals surface area contributed by atoms with Crippen LogP contribution in [0.15, 0.2) is 30.5 Å². The molecule has 0 spiro atoms. The largest absolute Gasteiger partial charge is 0.342 e. The molecule has 2 saturated heterocycles. The molecule has 2 aromatic rings. The maximum atomic E-state index is 13.2. The highest BCUT2D eigenvalue weighted by Gasteiger charge is 2.37. The first-order chi connectivity index (χ1) is 12.5. The summed E-state index contributed by atoms with van der Waals surface area (Å²) in [4.78, 5) is 19.6. The summed E-state index contributed by atoms with van der Waals surface area (Å²) < 4.78 is 2.19.